The van der Waals surface area contributed by atoms with Crippen molar-refractivity contribution in [2.45, 2.75) is 26.3 Å². The third kappa shape index (κ3) is 3.73. The van der Waals surface area contributed by atoms with Gasteiger partial charge in [-0.25, -0.2) is 4.68 Å². The summed E-state index contributed by atoms with van der Waals surface area (Å²) in [6.45, 7) is 5.23. The molecular formula is C18H24ClN5O2. The molecule has 0 bridgehead atoms. The summed E-state index contributed by atoms with van der Waals surface area (Å²) in [6, 6.07) is 10.6. The van der Waals surface area contributed by atoms with E-state index in [1.807, 2.05) is 18.2 Å². The van der Waals surface area contributed by atoms with E-state index >= 15 is 0 Å². The number of para-hydroxylation sites is 1. The van der Waals surface area contributed by atoms with Crippen molar-refractivity contribution in [1.29, 1.82) is 0 Å². The van der Waals surface area contributed by atoms with Crippen LogP contribution in [0.15, 0.2) is 36.4 Å². The van der Waals surface area contributed by atoms with E-state index in [0.717, 1.165) is 6.42 Å². The number of benzene rings is 1. The average molecular weight is 378 g/mol. The Morgan fingerprint density at radius 3 is 2.46 bits per heavy atom. The largest absolute Gasteiger partial charge is 0.364 e. The first-order chi connectivity index (χ1) is 11.8. The van der Waals surface area contributed by atoms with Gasteiger partial charge in [-0.3, -0.25) is 9.59 Å². The van der Waals surface area contributed by atoms with Crippen LogP contribution in [0, 0.1) is 5.41 Å². The molecule has 0 saturated carbocycles. The Morgan fingerprint density at radius 1 is 1.23 bits per heavy atom. The van der Waals surface area contributed by atoms with Crippen LogP contribution >= 0.6 is 12.4 Å². The quantitative estimate of drug-likeness (QED) is 0.846. The van der Waals surface area contributed by atoms with Crippen molar-refractivity contribution in [3.8, 4) is 5.69 Å². The molecule has 4 N–H and O–H groups in total. The summed E-state index contributed by atoms with van der Waals surface area (Å²) < 4.78 is 1.41. The number of nitrogens with two attached hydrogens (primary N) is 2. The highest BCUT2D eigenvalue weighted by Crippen LogP contribution is 2.28. The van der Waals surface area contributed by atoms with Gasteiger partial charge in [0.1, 0.15) is 5.69 Å². The fraction of sp³-hybridized carbons (Fsp3) is 0.389. The molecule has 3 rings (SSSR count). The number of likely N-dealkylation sites (tertiary alicyclic amines) is 1. The molecule has 1 aliphatic rings. The van der Waals surface area contributed by atoms with Crippen LogP contribution in [0.3, 0.4) is 0 Å². The predicted molar refractivity (Wildman–Crippen MR) is 102 cm³/mol. The number of hydrogen-bond donors (Lipinski definition) is 2. The zero-order valence-corrected chi connectivity index (χ0v) is 15.7. The molecule has 7 nitrogen and oxygen atoms in total. The fourth-order valence-electron chi connectivity index (χ4n) is 3.14. The Labute approximate surface area is 158 Å². The lowest BCUT2D eigenvalue weighted by Crippen LogP contribution is -2.54. The first-order valence-electron chi connectivity index (χ1n) is 8.30. The normalized spacial score (nSPS) is 18.9. The Kier molecular flexibility index (Phi) is 5.73. The highest BCUT2D eigenvalue weighted by Gasteiger charge is 2.36. The van der Waals surface area contributed by atoms with Crippen LogP contribution in [0.2, 0.25) is 0 Å². The number of aromatic nitrogens is 2. The third-order valence-corrected chi connectivity index (χ3v) is 4.78. The summed E-state index contributed by atoms with van der Waals surface area (Å²) in [4.78, 5) is 26.4. The van der Waals surface area contributed by atoms with Crippen LogP contribution in [-0.2, 0) is 0 Å². The monoisotopic (exact) mass is 377 g/mol. The minimum atomic E-state index is -0.628. The molecule has 0 spiro atoms. The van der Waals surface area contributed by atoms with Crippen molar-refractivity contribution in [3.63, 3.8) is 0 Å². The van der Waals surface area contributed by atoms with Crippen molar-refractivity contribution >= 4 is 24.2 Å². The van der Waals surface area contributed by atoms with Crippen molar-refractivity contribution < 1.29 is 9.59 Å². The summed E-state index contributed by atoms with van der Waals surface area (Å²) in [5.41, 5.74) is 12.5. The first-order valence-corrected chi connectivity index (χ1v) is 8.30. The Morgan fingerprint density at radius 2 is 1.88 bits per heavy atom. The molecule has 0 radical (unpaired) electrons. The topological polar surface area (TPSA) is 107 Å². The lowest BCUT2D eigenvalue weighted by molar-refractivity contribution is 0.0527. The molecule has 26 heavy (non-hydrogen) atoms. The highest BCUT2D eigenvalue weighted by molar-refractivity contribution is 5.97. The molecule has 1 unspecified atom stereocenters. The zero-order valence-electron chi connectivity index (χ0n) is 14.9. The van der Waals surface area contributed by atoms with Crippen molar-refractivity contribution in [1.82, 2.24) is 14.7 Å². The third-order valence-electron chi connectivity index (χ3n) is 4.78. The van der Waals surface area contributed by atoms with E-state index in [4.69, 9.17) is 11.5 Å². The number of rotatable bonds is 3. The minimum Gasteiger partial charge on any atom is -0.364 e. The van der Waals surface area contributed by atoms with Crippen molar-refractivity contribution in [2.24, 2.45) is 16.9 Å². The Bertz CT molecular complexity index is 803. The molecular weight excluding hydrogens is 354 g/mol. The van der Waals surface area contributed by atoms with Crippen molar-refractivity contribution in [2.75, 3.05) is 13.1 Å². The molecule has 1 atom stereocenters. The molecule has 2 amide bonds. The van der Waals surface area contributed by atoms with Crippen LogP contribution in [0.4, 0.5) is 0 Å². The number of carbonyl (C=O) groups is 2. The molecule has 8 heteroatoms. The highest BCUT2D eigenvalue weighted by atomic mass is 35.5. The van der Waals surface area contributed by atoms with Gasteiger partial charge in [0.05, 0.1) is 5.69 Å². The van der Waals surface area contributed by atoms with E-state index in [9.17, 15) is 9.59 Å². The second-order valence-electron chi connectivity index (χ2n) is 7.14. The molecule has 1 fully saturated rings. The van der Waals surface area contributed by atoms with E-state index < -0.39 is 5.91 Å². The lowest BCUT2D eigenvalue weighted by atomic mass is 9.79. The number of amides is 2. The first kappa shape index (κ1) is 19.9. The van der Waals surface area contributed by atoms with Gasteiger partial charge in [-0.1, -0.05) is 32.0 Å². The zero-order chi connectivity index (χ0) is 18.2. The van der Waals surface area contributed by atoms with Gasteiger partial charge in [-0.05, 0) is 24.0 Å². The number of primary amides is 1. The van der Waals surface area contributed by atoms with Gasteiger partial charge in [0.2, 0.25) is 0 Å². The number of nitrogens with zero attached hydrogens (tertiary/aromatic N) is 3. The summed E-state index contributed by atoms with van der Waals surface area (Å²) in [7, 11) is 0. The van der Waals surface area contributed by atoms with Crippen LogP contribution < -0.4 is 11.5 Å². The minimum absolute atomic E-state index is 0. The summed E-state index contributed by atoms with van der Waals surface area (Å²) in [6.07, 6.45) is 0.737. The summed E-state index contributed by atoms with van der Waals surface area (Å²) in [5, 5.41) is 4.34. The van der Waals surface area contributed by atoms with Gasteiger partial charge >= 0.3 is 0 Å². The fourth-order valence-corrected chi connectivity index (χ4v) is 3.14. The van der Waals surface area contributed by atoms with Crippen LogP contribution in [-0.4, -0.2) is 45.6 Å². The average Bonchev–Trinajstić information content (AvgIpc) is 3.03. The molecule has 1 aromatic heterocycles. The van der Waals surface area contributed by atoms with Crippen LogP contribution in [0.1, 0.15) is 41.2 Å². The molecule has 1 aliphatic heterocycles. The van der Waals surface area contributed by atoms with Gasteiger partial charge in [0.15, 0.2) is 5.69 Å². The molecule has 140 valence electrons. The molecule has 2 heterocycles. The van der Waals surface area contributed by atoms with Gasteiger partial charge in [-0.15, -0.1) is 12.4 Å². The predicted octanol–water partition coefficient (Wildman–Crippen LogP) is 1.59. The number of carbonyl (C=O) groups excluding carboxylic acids is 2. The van der Waals surface area contributed by atoms with E-state index in [1.54, 1.807) is 17.0 Å². The lowest BCUT2D eigenvalue weighted by Gasteiger charge is -2.42. The maximum atomic E-state index is 12.9. The SMILES string of the molecule is CC1(C)CN(C(=O)c2cc(C(N)=O)n(-c3ccccc3)n2)CCC1N.Cl. The van der Waals surface area contributed by atoms with Crippen molar-refractivity contribution in [3.05, 3.63) is 47.8 Å². The Balaban J connectivity index is 0.00000243. The standard InChI is InChI=1S/C18H23N5O2.ClH/c1-18(2)11-22(9-8-15(18)19)17(25)13-10-14(16(20)24)23(21-13)12-6-4-3-5-7-12;/h3-7,10,15H,8-9,11,19H2,1-2H3,(H2,20,24);1H. The van der Waals surface area contributed by atoms with Gasteiger partial charge in [0.25, 0.3) is 11.8 Å². The summed E-state index contributed by atoms with van der Waals surface area (Å²) in [5.74, 6) is -0.839. The molecule has 1 aromatic carbocycles. The number of piperidine rings is 1. The van der Waals surface area contributed by atoms with Gasteiger partial charge < -0.3 is 16.4 Å². The smallest absolute Gasteiger partial charge is 0.274 e. The number of hydrogen-bond acceptors (Lipinski definition) is 4. The van der Waals surface area contributed by atoms with E-state index in [2.05, 4.69) is 18.9 Å². The second kappa shape index (κ2) is 7.47. The van der Waals surface area contributed by atoms with E-state index in [-0.39, 0.29) is 41.2 Å². The molecule has 2 aromatic rings. The maximum absolute atomic E-state index is 12.9. The Hall–Kier alpha value is -2.38. The molecule has 1 saturated heterocycles. The van der Waals surface area contributed by atoms with E-state index in [1.165, 1.54) is 10.7 Å². The maximum Gasteiger partial charge on any atom is 0.274 e. The van der Waals surface area contributed by atoms with Gasteiger partial charge in [0, 0.05) is 25.2 Å². The molecule has 0 aliphatic carbocycles. The summed E-state index contributed by atoms with van der Waals surface area (Å²) >= 11 is 0. The van der Waals surface area contributed by atoms with Crippen LogP contribution in [0.25, 0.3) is 5.69 Å². The number of halogens is 1. The second-order valence-corrected chi connectivity index (χ2v) is 7.14. The van der Waals surface area contributed by atoms with E-state index in [0.29, 0.717) is 18.8 Å². The van der Waals surface area contributed by atoms with Gasteiger partial charge in [-0.2, -0.15) is 5.10 Å². The van der Waals surface area contributed by atoms with Crippen LogP contribution in [0.5, 0.6) is 0 Å².